The van der Waals surface area contributed by atoms with Crippen LogP contribution in [0.1, 0.15) is 23.3 Å². The molecule has 0 bridgehead atoms. The van der Waals surface area contributed by atoms with Gasteiger partial charge >= 0.3 is 0 Å². The van der Waals surface area contributed by atoms with Crippen LogP contribution in [0.25, 0.3) is 5.69 Å². The van der Waals surface area contributed by atoms with Crippen molar-refractivity contribution < 1.29 is 9.59 Å². The summed E-state index contributed by atoms with van der Waals surface area (Å²) in [6, 6.07) is 5.51. The fraction of sp³-hybridized carbons (Fsp3) is 0.444. The van der Waals surface area contributed by atoms with Crippen LogP contribution < -0.4 is 5.32 Å². The van der Waals surface area contributed by atoms with Gasteiger partial charge in [0.2, 0.25) is 5.91 Å². The smallest absolute Gasteiger partial charge is 0.272 e. The summed E-state index contributed by atoms with van der Waals surface area (Å²) in [5.41, 5.74) is 1.21. The first kappa shape index (κ1) is 16.7. The molecule has 0 aliphatic carbocycles. The number of carbonyl (C=O) groups is 2. The highest BCUT2D eigenvalue weighted by atomic mass is 16.2. The Balaban J connectivity index is 1.49. The maximum atomic E-state index is 12.9. The molecule has 4 heterocycles. The summed E-state index contributed by atoms with van der Waals surface area (Å²) in [4.78, 5) is 33.1. The SMILES string of the molecule is O=C(c1cc(-n2cccn2)ccn1)N1CCCC(N2CCNCC2=O)C1. The number of carbonyl (C=O) groups excluding carboxylic acids is 2. The fourth-order valence-corrected chi connectivity index (χ4v) is 3.66. The number of hydrogen-bond acceptors (Lipinski definition) is 5. The Labute approximate surface area is 151 Å². The summed E-state index contributed by atoms with van der Waals surface area (Å²) in [6.45, 7) is 3.17. The molecule has 2 aliphatic heterocycles. The van der Waals surface area contributed by atoms with Gasteiger partial charge in [-0.2, -0.15) is 5.10 Å². The van der Waals surface area contributed by atoms with E-state index in [1.165, 1.54) is 0 Å². The molecule has 2 aliphatic rings. The average molecular weight is 354 g/mol. The number of piperazine rings is 1. The van der Waals surface area contributed by atoms with E-state index in [-0.39, 0.29) is 17.9 Å². The minimum Gasteiger partial charge on any atom is -0.336 e. The first-order chi connectivity index (χ1) is 12.7. The summed E-state index contributed by atoms with van der Waals surface area (Å²) >= 11 is 0. The van der Waals surface area contributed by atoms with Gasteiger partial charge in [0.15, 0.2) is 0 Å². The van der Waals surface area contributed by atoms with Crippen LogP contribution in [-0.4, -0.2) is 75.1 Å². The van der Waals surface area contributed by atoms with Crippen molar-refractivity contribution in [3.63, 3.8) is 0 Å². The molecular weight excluding hydrogens is 332 g/mol. The molecule has 1 unspecified atom stereocenters. The Morgan fingerprint density at radius 1 is 1.27 bits per heavy atom. The van der Waals surface area contributed by atoms with Crippen LogP contribution >= 0.6 is 0 Å². The first-order valence-corrected chi connectivity index (χ1v) is 8.98. The molecule has 0 spiro atoms. The molecule has 1 N–H and O–H groups in total. The van der Waals surface area contributed by atoms with Crippen molar-refractivity contribution in [2.75, 3.05) is 32.7 Å². The van der Waals surface area contributed by atoms with Crippen molar-refractivity contribution in [2.24, 2.45) is 0 Å². The lowest BCUT2D eigenvalue weighted by atomic mass is 10.0. The number of nitrogens with one attached hydrogen (secondary N) is 1. The number of likely N-dealkylation sites (tertiary alicyclic amines) is 1. The van der Waals surface area contributed by atoms with Gasteiger partial charge in [0, 0.05) is 50.8 Å². The van der Waals surface area contributed by atoms with Crippen LogP contribution in [0.3, 0.4) is 0 Å². The molecule has 2 fully saturated rings. The molecule has 2 saturated heterocycles. The number of aromatic nitrogens is 3. The van der Waals surface area contributed by atoms with Gasteiger partial charge in [0.25, 0.3) is 5.91 Å². The molecule has 2 amide bonds. The lowest BCUT2D eigenvalue weighted by Crippen LogP contribution is -2.57. The minimum absolute atomic E-state index is 0.0914. The normalized spacial score (nSPS) is 21.1. The maximum absolute atomic E-state index is 12.9. The minimum atomic E-state index is -0.0914. The van der Waals surface area contributed by atoms with Gasteiger partial charge in [-0.15, -0.1) is 0 Å². The van der Waals surface area contributed by atoms with Gasteiger partial charge in [-0.25, -0.2) is 4.68 Å². The Kier molecular flexibility index (Phi) is 4.66. The zero-order valence-corrected chi connectivity index (χ0v) is 14.5. The van der Waals surface area contributed by atoms with Crippen LogP contribution in [0, 0.1) is 0 Å². The molecule has 1 atom stereocenters. The van der Waals surface area contributed by atoms with Crippen molar-refractivity contribution >= 4 is 11.8 Å². The maximum Gasteiger partial charge on any atom is 0.272 e. The van der Waals surface area contributed by atoms with Gasteiger partial charge in [-0.3, -0.25) is 14.6 Å². The number of nitrogens with zero attached hydrogens (tertiary/aromatic N) is 5. The number of amides is 2. The largest absolute Gasteiger partial charge is 0.336 e. The Morgan fingerprint density at radius 3 is 3.00 bits per heavy atom. The molecule has 8 nitrogen and oxygen atoms in total. The molecule has 0 radical (unpaired) electrons. The van der Waals surface area contributed by atoms with E-state index in [4.69, 9.17) is 0 Å². The van der Waals surface area contributed by atoms with E-state index in [0.717, 1.165) is 25.1 Å². The van der Waals surface area contributed by atoms with Crippen molar-refractivity contribution in [3.05, 3.63) is 42.5 Å². The van der Waals surface area contributed by atoms with Crippen LogP contribution in [0.15, 0.2) is 36.8 Å². The number of pyridine rings is 1. The van der Waals surface area contributed by atoms with Crippen LogP contribution in [-0.2, 0) is 4.79 Å². The molecule has 2 aromatic rings. The summed E-state index contributed by atoms with van der Waals surface area (Å²) in [5, 5.41) is 7.29. The second kappa shape index (κ2) is 7.25. The van der Waals surface area contributed by atoms with Gasteiger partial charge < -0.3 is 15.1 Å². The molecule has 136 valence electrons. The standard InChI is InChI=1S/C18H22N6O2/c25-17-12-19-7-10-23(17)15-3-1-8-22(13-15)18(26)16-11-14(4-6-20-16)24-9-2-5-21-24/h2,4-6,9,11,15,19H,1,3,7-8,10,12-13H2. The predicted molar refractivity (Wildman–Crippen MR) is 94.9 cm³/mol. The van der Waals surface area contributed by atoms with Crippen LogP contribution in [0.2, 0.25) is 0 Å². The van der Waals surface area contributed by atoms with E-state index < -0.39 is 0 Å². The number of rotatable bonds is 3. The van der Waals surface area contributed by atoms with E-state index >= 15 is 0 Å². The van der Waals surface area contributed by atoms with Crippen LogP contribution in [0.4, 0.5) is 0 Å². The Hall–Kier alpha value is -2.74. The van der Waals surface area contributed by atoms with Gasteiger partial charge in [0.05, 0.1) is 12.2 Å². The van der Waals surface area contributed by atoms with Crippen molar-refractivity contribution in [1.29, 1.82) is 0 Å². The van der Waals surface area contributed by atoms with Crippen molar-refractivity contribution in [2.45, 2.75) is 18.9 Å². The zero-order valence-electron chi connectivity index (χ0n) is 14.5. The molecule has 26 heavy (non-hydrogen) atoms. The lowest BCUT2D eigenvalue weighted by Gasteiger charge is -2.41. The molecule has 8 heteroatoms. The molecule has 0 aromatic carbocycles. The van der Waals surface area contributed by atoms with E-state index in [1.807, 2.05) is 28.1 Å². The van der Waals surface area contributed by atoms with Gasteiger partial charge in [-0.05, 0) is 31.0 Å². The zero-order chi connectivity index (χ0) is 17.9. The van der Waals surface area contributed by atoms with Crippen molar-refractivity contribution in [3.8, 4) is 5.69 Å². The van der Waals surface area contributed by atoms with E-state index in [2.05, 4.69) is 15.4 Å². The third-order valence-electron chi connectivity index (χ3n) is 4.98. The molecule has 4 rings (SSSR count). The van der Waals surface area contributed by atoms with Crippen molar-refractivity contribution in [1.82, 2.24) is 29.9 Å². The number of piperidine rings is 1. The summed E-state index contributed by atoms with van der Waals surface area (Å²) in [7, 11) is 0. The second-order valence-electron chi connectivity index (χ2n) is 6.66. The Bertz CT molecular complexity index is 791. The molecule has 2 aromatic heterocycles. The third-order valence-corrected chi connectivity index (χ3v) is 4.98. The lowest BCUT2D eigenvalue weighted by molar-refractivity contribution is -0.135. The first-order valence-electron chi connectivity index (χ1n) is 8.98. The predicted octanol–water partition coefficient (Wildman–Crippen LogP) is 0.304. The highest BCUT2D eigenvalue weighted by Gasteiger charge is 2.32. The fourth-order valence-electron chi connectivity index (χ4n) is 3.66. The van der Waals surface area contributed by atoms with E-state index in [9.17, 15) is 9.59 Å². The summed E-state index contributed by atoms with van der Waals surface area (Å²) in [5.74, 6) is 0.0284. The highest BCUT2D eigenvalue weighted by Crippen LogP contribution is 2.19. The topological polar surface area (TPSA) is 83.4 Å². The van der Waals surface area contributed by atoms with Gasteiger partial charge in [-0.1, -0.05) is 0 Å². The summed E-state index contributed by atoms with van der Waals surface area (Å²) in [6.07, 6.45) is 6.99. The van der Waals surface area contributed by atoms with E-state index in [0.29, 0.717) is 31.9 Å². The number of hydrogen-bond donors (Lipinski definition) is 1. The quantitative estimate of drug-likeness (QED) is 0.857. The highest BCUT2D eigenvalue weighted by molar-refractivity contribution is 5.93. The average Bonchev–Trinajstić information content (AvgIpc) is 3.23. The summed E-state index contributed by atoms with van der Waals surface area (Å²) < 4.78 is 1.71. The van der Waals surface area contributed by atoms with E-state index in [1.54, 1.807) is 23.1 Å². The molecular formula is C18H22N6O2. The third kappa shape index (κ3) is 3.32. The Morgan fingerprint density at radius 2 is 2.19 bits per heavy atom. The van der Waals surface area contributed by atoms with Gasteiger partial charge in [0.1, 0.15) is 5.69 Å². The monoisotopic (exact) mass is 354 g/mol. The molecule has 0 saturated carbocycles. The van der Waals surface area contributed by atoms with Crippen LogP contribution in [0.5, 0.6) is 0 Å². The second-order valence-corrected chi connectivity index (χ2v) is 6.66.